The normalized spacial score (nSPS) is 26.9. The third kappa shape index (κ3) is 2.57. The second-order valence-electron chi connectivity index (χ2n) is 5.11. The zero-order chi connectivity index (χ0) is 11.4. The van der Waals surface area contributed by atoms with E-state index in [0.717, 1.165) is 32.5 Å². The average Bonchev–Trinajstić information content (AvgIpc) is 2.85. The molecule has 0 spiro atoms. The van der Waals surface area contributed by atoms with E-state index in [9.17, 15) is 4.79 Å². The third-order valence-corrected chi connectivity index (χ3v) is 4.04. The lowest BCUT2D eigenvalue weighted by Crippen LogP contribution is -2.46. The van der Waals surface area contributed by atoms with Gasteiger partial charge >= 0.3 is 0 Å². The fourth-order valence-corrected chi connectivity index (χ4v) is 3.11. The van der Waals surface area contributed by atoms with Crippen molar-refractivity contribution in [1.82, 2.24) is 10.2 Å². The summed E-state index contributed by atoms with van der Waals surface area (Å²) >= 11 is 0. The Hall–Kier alpha value is -0.570. The molecule has 1 N–H and O–H groups in total. The number of rotatable bonds is 3. The van der Waals surface area contributed by atoms with Crippen molar-refractivity contribution >= 4 is 5.91 Å². The molecule has 2 rings (SSSR count). The summed E-state index contributed by atoms with van der Waals surface area (Å²) < 4.78 is 0. The van der Waals surface area contributed by atoms with Gasteiger partial charge in [-0.05, 0) is 39.2 Å². The van der Waals surface area contributed by atoms with E-state index in [0.29, 0.717) is 11.9 Å². The van der Waals surface area contributed by atoms with Gasteiger partial charge in [-0.15, -0.1) is 0 Å². The topological polar surface area (TPSA) is 32.3 Å². The number of nitrogens with one attached hydrogen (secondary N) is 1. The van der Waals surface area contributed by atoms with E-state index >= 15 is 0 Å². The Kier molecular flexibility index (Phi) is 4.22. The smallest absolute Gasteiger partial charge is 0.227 e. The van der Waals surface area contributed by atoms with Crippen LogP contribution >= 0.6 is 0 Å². The van der Waals surface area contributed by atoms with Gasteiger partial charge in [-0.2, -0.15) is 0 Å². The van der Waals surface area contributed by atoms with Crippen LogP contribution in [-0.4, -0.2) is 36.5 Å². The van der Waals surface area contributed by atoms with Crippen molar-refractivity contribution in [1.29, 1.82) is 0 Å². The second-order valence-corrected chi connectivity index (χ2v) is 5.11. The number of carbonyl (C=O) groups is 1. The highest BCUT2D eigenvalue weighted by Gasteiger charge is 2.30. The molecule has 2 fully saturated rings. The molecule has 0 bridgehead atoms. The minimum Gasteiger partial charge on any atom is -0.340 e. The van der Waals surface area contributed by atoms with Gasteiger partial charge in [0.1, 0.15) is 0 Å². The minimum absolute atomic E-state index is 0.245. The first kappa shape index (κ1) is 11.9. The van der Waals surface area contributed by atoms with Crippen LogP contribution in [0.4, 0.5) is 0 Å². The monoisotopic (exact) mass is 224 g/mol. The molecule has 16 heavy (non-hydrogen) atoms. The predicted octanol–water partition coefficient (Wildman–Crippen LogP) is 1.78. The van der Waals surface area contributed by atoms with E-state index in [2.05, 4.69) is 17.1 Å². The molecular formula is C13H24N2O. The van der Waals surface area contributed by atoms with E-state index in [1.807, 2.05) is 0 Å². The summed E-state index contributed by atoms with van der Waals surface area (Å²) in [5.41, 5.74) is 0. The van der Waals surface area contributed by atoms with Crippen molar-refractivity contribution in [2.45, 2.75) is 51.5 Å². The Labute approximate surface area is 98.6 Å². The van der Waals surface area contributed by atoms with Gasteiger partial charge in [0.25, 0.3) is 0 Å². The Morgan fingerprint density at radius 1 is 1.25 bits per heavy atom. The molecular weight excluding hydrogens is 200 g/mol. The Morgan fingerprint density at radius 3 is 2.56 bits per heavy atom. The van der Waals surface area contributed by atoms with Crippen LogP contribution in [-0.2, 0) is 4.79 Å². The molecule has 0 radical (unpaired) electrons. The molecule has 3 heteroatoms. The summed E-state index contributed by atoms with van der Waals surface area (Å²) in [6, 6.07) is 0.541. The molecule has 3 nitrogen and oxygen atoms in total. The van der Waals surface area contributed by atoms with Crippen LogP contribution in [0.15, 0.2) is 0 Å². The first-order valence-electron chi connectivity index (χ1n) is 6.84. The molecule has 1 saturated heterocycles. The number of hydrogen-bond acceptors (Lipinski definition) is 2. The maximum atomic E-state index is 12.4. The maximum Gasteiger partial charge on any atom is 0.227 e. The Bertz CT molecular complexity index is 230. The van der Waals surface area contributed by atoms with Gasteiger partial charge in [0.05, 0.1) is 5.92 Å². The highest BCUT2D eigenvalue weighted by molar-refractivity contribution is 5.79. The molecule has 1 aliphatic carbocycles. The van der Waals surface area contributed by atoms with E-state index in [1.165, 1.54) is 25.7 Å². The fourth-order valence-electron chi connectivity index (χ4n) is 3.11. The van der Waals surface area contributed by atoms with Gasteiger partial charge in [0.2, 0.25) is 5.91 Å². The standard InChI is InChI=1S/C13H24N2O/c1-2-15(12-7-3-4-8-12)13(16)11-6-5-9-14-10-11/h11-12,14H,2-10H2,1H3/t11-/m1/s1. The van der Waals surface area contributed by atoms with Crippen LogP contribution in [0.5, 0.6) is 0 Å². The van der Waals surface area contributed by atoms with Crippen LogP contribution in [0.3, 0.4) is 0 Å². The first-order valence-corrected chi connectivity index (χ1v) is 6.84. The Morgan fingerprint density at radius 2 is 2.00 bits per heavy atom. The second kappa shape index (κ2) is 5.67. The largest absolute Gasteiger partial charge is 0.340 e. The molecule has 2 aliphatic rings. The molecule has 0 unspecified atom stereocenters. The summed E-state index contributed by atoms with van der Waals surface area (Å²) in [6.07, 6.45) is 7.28. The van der Waals surface area contributed by atoms with Crippen LogP contribution < -0.4 is 5.32 Å². The lowest BCUT2D eigenvalue weighted by atomic mass is 9.97. The molecule has 1 heterocycles. The number of nitrogens with zero attached hydrogens (tertiary/aromatic N) is 1. The van der Waals surface area contributed by atoms with E-state index < -0.39 is 0 Å². The van der Waals surface area contributed by atoms with Crippen LogP contribution in [0.25, 0.3) is 0 Å². The highest BCUT2D eigenvalue weighted by Crippen LogP contribution is 2.25. The predicted molar refractivity (Wildman–Crippen MR) is 65.2 cm³/mol. The van der Waals surface area contributed by atoms with Gasteiger partial charge in [-0.1, -0.05) is 12.8 Å². The summed E-state index contributed by atoms with van der Waals surface area (Å²) in [7, 11) is 0. The molecule has 92 valence electrons. The van der Waals surface area contributed by atoms with E-state index in [-0.39, 0.29) is 5.92 Å². The zero-order valence-corrected chi connectivity index (χ0v) is 10.4. The summed E-state index contributed by atoms with van der Waals surface area (Å²) in [5.74, 6) is 0.649. The highest BCUT2D eigenvalue weighted by atomic mass is 16.2. The fraction of sp³-hybridized carbons (Fsp3) is 0.923. The van der Waals surface area contributed by atoms with E-state index in [1.54, 1.807) is 0 Å². The van der Waals surface area contributed by atoms with Crippen molar-refractivity contribution in [2.24, 2.45) is 5.92 Å². The number of carbonyl (C=O) groups excluding carboxylic acids is 1. The lowest BCUT2D eigenvalue weighted by molar-refractivity contribution is -0.138. The lowest BCUT2D eigenvalue weighted by Gasteiger charge is -2.33. The van der Waals surface area contributed by atoms with Crippen molar-refractivity contribution in [3.8, 4) is 0 Å². The molecule has 1 saturated carbocycles. The van der Waals surface area contributed by atoms with Crippen LogP contribution in [0.1, 0.15) is 45.4 Å². The van der Waals surface area contributed by atoms with Gasteiger partial charge in [0.15, 0.2) is 0 Å². The van der Waals surface area contributed by atoms with Crippen molar-refractivity contribution in [3.05, 3.63) is 0 Å². The summed E-state index contributed by atoms with van der Waals surface area (Å²) in [6.45, 7) is 4.98. The van der Waals surface area contributed by atoms with E-state index in [4.69, 9.17) is 0 Å². The molecule has 1 atom stereocenters. The molecule has 0 aromatic carbocycles. The molecule has 0 aromatic rings. The SMILES string of the molecule is CCN(C(=O)[C@@H]1CCCNC1)C1CCCC1. The van der Waals surface area contributed by atoms with Crippen LogP contribution in [0.2, 0.25) is 0 Å². The minimum atomic E-state index is 0.245. The van der Waals surface area contributed by atoms with Crippen molar-refractivity contribution in [3.63, 3.8) is 0 Å². The number of amides is 1. The third-order valence-electron chi connectivity index (χ3n) is 4.04. The van der Waals surface area contributed by atoms with Crippen LogP contribution in [0, 0.1) is 5.92 Å². The average molecular weight is 224 g/mol. The van der Waals surface area contributed by atoms with Crippen molar-refractivity contribution in [2.75, 3.05) is 19.6 Å². The van der Waals surface area contributed by atoms with Gasteiger partial charge in [0, 0.05) is 19.1 Å². The maximum absolute atomic E-state index is 12.4. The van der Waals surface area contributed by atoms with Gasteiger partial charge < -0.3 is 10.2 Å². The summed E-state index contributed by atoms with van der Waals surface area (Å²) in [5, 5.41) is 3.34. The molecule has 1 amide bonds. The number of hydrogen-bond donors (Lipinski definition) is 1. The summed E-state index contributed by atoms with van der Waals surface area (Å²) in [4.78, 5) is 14.5. The molecule has 0 aromatic heterocycles. The first-order chi connectivity index (χ1) is 7.83. The number of piperidine rings is 1. The van der Waals surface area contributed by atoms with Gasteiger partial charge in [-0.25, -0.2) is 0 Å². The Balaban J connectivity index is 1.93. The van der Waals surface area contributed by atoms with Gasteiger partial charge in [-0.3, -0.25) is 4.79 Å². The van der Waals surface area contributed by atoms with Crippen molar-refractivity contribution < 1.29 is 4.79 Å². The quantitative estimate of drug-likeness (QED) is 0.792. The zero-order valence-electron chi connectivity index (χ0n) is 10.4. The molecule has 1 aliphatic heterocycles.